The largest absolute Gasteiger partial charge is 0.341 e. The lowest BCUT2D eigenvalue weighted by molar-refractivity contribution is -0.138. The van der Waals surface area contributed by atoms with Crippen LogP contribution < -0.4 is 0 Å². The summed E-state index contributed by atoms with van der Waals surface area (Å²) in [6.07, 6.45) is 7.98. The maximum absolute atomic E-state index is 13.0. The molecular weight excluding hydrogens is 308 g/mol. The van der Waals surface area contributed by atoms with Crippen LogP contribution in [0, 0.1) is 5.92 Å². The van der Waals surface area contributed by atoms with Crippen molar-refractivity contribution >= 4 is 23.2 Å². The minimum absolute atomic E-state index is 0.000451. The molecule has 4 nitrogen and oxygen atoms in total. The lowest BCUT2D eigenvalue weighted by Crippen LogP contribution is -2.45. The van der Waals surface area contributed by atoms with Crippen molar-refractivity contribution in [1.82, 2.24) is 9.80 Å². The predicted octanol–water partition coefficient (Wildman–Crippen LogP) is 2.71. The van der Waals surface area contributed by atoms with E-state index in [1.54, 1.807) is 11.3 Å². The Bertz CT molecular complexity index is 615. The van der Waals surface area contributed by atoms with Gasteiger partial charge >= 0.3 is 0 Å². The van der Waals surface area contributed by atoms with Crippen molar-refractivity contribution in [1.29, 1.82) is 0 Å². The minimum atomic E-state index is 0.000451. The van der Waals surface area contributed by atoms with Crippen LogP contribution in [0.2, 0.25) is 0 Å². The van der Waals surface area contributed by atoms with Crippen molar-refractivity contribution in [2.24, 2.45) is 5.92 Å². The SMILES string of the molecule is CN1C(=O)C2CCC1CN(C(=O)c1cc3c(s1)CCCCC3)C2. The van der Waals surface area contributed by atoms with Crippen LogP contribution in [0.4, 0.5) is 0 Å². The molecule has 23 heavy (non-hydrogen) atoms. The fourth-order valence-corrected chi connectivity index (χ4v) is 5.47. The van der Waals surface area contributed by atoms with E-state index in [9.17, 15) is 9.59 Å². The molecule has 0 N–H and O–H groups in total. The van der Waals surface area contributed by atoms with Gasteiger partial charge in [-0.3, -0.25) is 9.59 Å². The molecule has 0 aromatic carbocycles. The minimum Gasteiger partial charge on any atom is -0.341 e. The summed E-state index contributed by atoms with van der Waals surface area (Å²) >= 11 is 1.69. The molecular formula is C18H24N2O2S. The first-order valence-corrected chi connectivity index (χ1v) is 9.62. The summed E-state index contributed by atoms with van der Waals surface area (Å²) in [7, 11) is 1.89. The molecule has 2 atom stereocenters. The molecule has 5 rings (SSSR count). The average Bonchev–Trinajstić information content (AvgIpc) is 2.72. The normalized spacial score (nSPS) is 27.6. The Kier molecular flexibility index (Phi) is 3.92. The number of fused-ring (bicyclic) bond motifs is 5. The van der Waals surface area contributed by atoms with Crippen LogP contribution in [-0.2, 0) is 17.6 Å². The molecule has 4 aliphatic rings. The summed E-state index contributed by atoms with van der Waals surface area (Å²) in [4.78, 5) is 31.4. The summed E-state index contributed by atoms with van der Waals surface area (Å²) < 4.78 is 0. The highest BCUT2D eigenvalue weighted by atomic mass is 32.1. The molecule has 1 aliphatic carbocycles. The number of thiophene rings is 1. The van der Waals surface area contributed by atoms with Gasteiger partial charge in [-0.25, -0.2) is 0 Å². The van der Waals surface area contributed by atoms with Crippen LogP contribution in [0.15, 0.2) is 6.07 Å². The molecule has 124 valence electrons. The van der Waals surface area contributed by atoms with Crippen LogP contribution in [-0.4, -0.2) is 47.8 Å². The summed E-state index contributed by atoms with van der Waals surface area (Å²) in [5, 5.41) is 0. The Labute approximate surface area is 141 Å². The number of carbonyl (C=O) groups is 2. The number of rotatable bonds is 1. The van der Waals surface area contributed by atoms with E-state index in [4.69, 9.17) is 0 Å². The molecule has 5 heteroatoms. The molecule has 0 radical (unpaired) electrons. The van der Waals surface area contributed by atoms with E-state index in [-0.39, 0.29) is 23.8 Å². The summed E-state index contributed by atoms with van der Waals surface area (Å²) in [5.74, 6) is 0.363. The van der Waals surface area contributed by atoms with Gasteiger partial charge in [0.25, 0.3) is 5.91 Å². The van der Waals surface area contributed by atoms with Gasteiger partial charge in [-0.15, -0.1) is 11.3 Å². The second kappa shape index (κ2) is 5.93. The molecule has 1 aromatic rings. The first kappa shape index (κ1) is 15.2. The smallest absolute Gasteiger partial charge is 0.264 e. The van der Waals surface area contributed by atoms with Crippen LogP contribution >= 0.6 is 11.3 Å². The first-order chi connectivity index (χ1) is 11.1. The van der Waals surface area contributed by atoms with Gasteiger partial charge in [0.1, 0.15) is 0 Å². The van der Waals surface area contributed by atoms with Crippen molar-refractivity contribution < 1.29 is 9.59 Å². The molecule has 2 unspecified atom stereocenters. The van der Waals surface area contributed by atoms with Gasteiger partial charge in [0.05, 0.1) is 10.8 Å². The molecule has 4 heterocycles. The van der Waals surface area contributed by atoms with Crippen molar-refractivity contribution in [3.8, 4) is 0 Å². The number of piperidine rings is 1. The molecule has 3 fully saturated rings. The molecule has 0 spiro atoms. The number of aryl methyl sites for hydroxylation is 2. The summed E-state index contributed by atoms with van der Waals surface area (Å²) in [6.45, 7) is 1.29. The number of hydrogen-bond acceptors (Lipinski definition) is 3. The highest BCUT2D eigenvalue weighted by Gasteiger charge is 2.40. The zero-order valence-corrected chi connectivity index (χ0v) is 14.5. The monoisotopic (exact) mass is 332 g/mol. The highest BCUT2D eigenvalue weighted by molar-refractivity contribution is 7.14. The topological polar surface area (TPSA) is 40.6 Å². The second-order valence-corrected chi connectivity index (χ2v) is 8.34. The average molecular weight is 332 g/mol. The molecule has 2 bridgehead atoms. The van der Waals surface area contributed by atoms with Gasteiger partial charge < -0.3 is 9.80 Å². The van der Waals surface area contributed by atoms with Crippen LogP contribution in [0.1, 0.15) is 52.2 Å². The third kappa shape index (κ3) is 2.69. The summed E-state index contributed by atoms with van der Waals surface area (Å²) in [5.41, 5.74) is 1.39. The van der Waals surface area contributed by atoms with Gasteiger partial charge in [-0.1, -0.05) is 6.42 Å². The number of hydrogen-bond donors (Lipinski definition) is 0. The van der Waals surface area contributed by atoms with E-state index in [1.807, 2.05) is 16.8 Å². The Morgan fingerprint density at radius 3 is 2.87 bits per heavy atom. The predicted molar refractivity (Wildman–Crippen MR) is 90.8 cm³/mol. The third-order valence-electron chi connectivity index (χ3n) is 5.71. The Hall–Kier alpha value is -1.36. The maximum atomic E-state index is 13.0. The highest BCUT2D eigenvalue weighted by Crippen LogP contribution is 2.32. The van der Waals surface area contributed by atoms with E-state index < -0.39 is 0 Å². The zero-order chi connectivity index (χ0) is 16.0. The standard InChI is InChI=1S/C18H24N2O2S/c1-19-14-8-7-13(17(19)21)10-20(11-14)18(22)16-9-12-5-3-2-4-6-15(12)23-16/h9,13-14H,2-8,10-11H2,1H3. The number of carbonyl (C=O) groups excluding carboxylic acids is 2. The van der Waals surface area contributed by atoms with E-state index in [2.05, 4.69) is 6.07 Å². The Balaban J connectivity index is 1.56. The van der Waals surface area contributed by atoms with E-state index >= 15 is 0 Å². The van der Waals surface area contributed by atoms with Crippen LogP contribution in [0.25, 0.3) is 0 Å². The van der Waals surface area contributed by atoms with Gasteiger partial charge in [0, 0.05) is 31.1 Å². The van der Waals surface area contributed by atoms with Gasteiger partial charge in [-0.2, -0.15) is 0 Å². The van der Waals surface area contributed by atoms with E-state index in [0.29, 0.717) is 13.1 Å². The van der Waals surface area contributed by atoms with Crippen molar-refractivity contribution in [2.45, 2.75) is 51.0 Å². The molecule has 2 amide bonds. The molecule has 3 saturated heterocycles. The Morgan fingerprint density at radius 2 is 2.00 bits per heavy atom. The first-order valence-electron chi connectivity index (χ1n) is 8.81. The van der Waals surface area contributed by atoms with Crippen LogP contribution in [0.3, 0.4) is 0 Å². The second-order valence-electron chi connectivity index (χ2n) is 7.21. The van der Waals surface area contributed by atoms with Crippen molar-refractivity contribution in [3.05, 3.63) is 21.4 Å². The molecule has 0 saturated carbocycles. The fourth-order valence-electron chi connectivity index (χ4n) is 4.25. The van der Waals surface area contributed by atoms with Gasteiger partial charge in [0.15, 0.2) is 0 Å². The van der Waals surface area contributed by atoms with Gasteiger partial charge in [0.2, 0.25) is 5.91 Å². The van der Waals surface area contributed by atoms with Gasteiger partial charge in [-0.05, 0) is 50.2 Å². The summed E-state index contributed by atoms with van der Waals surface area (Å²) in [6, 6.07) is 2.33. The molecule has 1 aromatic heterocycles. The van der Waals surface area contributed by atoms with E-state index in [1.165, 1.54) is 29.7 Å². The molecule has 3 aliphatic heterocycles. The Morgan fingerprint density at radius 1 is 1.17 bits per heavy atom. The van der Waals surface area contributed by atoms with Crippen molar-refractivity contribution in [2.75, 3.05) is 20.1 Å². The third-order valence-corrected chi connectivity index (χ3v) is 6.93. The number of likely N-dealkylation sites (N-methyl/N-ethyl adjacent to an activating group) is 1. The van der Waals surface area contributed by atoms with E-state index in [0.717, 1.165) is 30.6 Å². The lowest BCUT2D eigenvalue weighted by Gasteiger charge is -2.32. The quantitative estimate of drug-likeness (QED) is 0.742. The lowest BCUT2D eigenvalue weighted by atomic mass is 9.95. The fraction of sp³-hybridized carbons (Fsp3) is 0.667. The zero-order valence-electron chi connectivity index (χ0n) is 13.7. The van der Waals surface area contributed by atoms with Crippen molar-refractivity contribution in [3.63, 3.8) is 0 Å². The number of amides is 2. The maximum Gasteiger partial charge on any atom is 0.264 e. The number of nitrogens with zero attached hydrogens (tertiary/aromatic N) is 2. The van der Waals surface area contributed by atoms with Crippen LogP contribution in [0.5, 0.6) is 0 Å².